The molecule has 0 spiro atoms. The van der Waals surface area contributed by atoms with Gasteiger partial charge in [0.1, 0.15) is 18.2 Å². The molecule has 1 heterocycles. The van der Waals surface area contributed by atoms with Crippen molar-refractivity contribution >= 4 is 5.91 Å². The van der Waals surface area contributed by atoms with Crippen LogP contribution in [0.4, 0.5) is 4.39 Å². The Kier molecular flexibility index (Phi) is 5.86. The molecule has 0 fully saturated rings. The maximum Gasteiger partial charge on any atom is 0.254 e. The molecule has 0 saturated carbocycles. The fourth-order valence-electron chi connectivity index (χ4n) is 3.39. The van der Waals surface area contributed by atoms with Crippen LogP contribution in [-0.2, 0) is 24.5 Å². The number of carbonyl (C=O) groups excluding carboxylic acids is 1. The van der Waals surface area contributed by atoms with E-state index in [1.807, 2.05) is 54.6 Å². The Labute approximate surface area is 169 Å². The van der Waals surface area contributed by atoms with E-state index in [9.17, 15) is 9.18 Å². The van der Waals surface area contributed by atoms with Crippen molar-refractivity contribution < 1.29 is 18.7 Å². The van der Waals surface area contributed by atoms with Gasteiger partial charge in [0.2, 0.25) is 0 Å². The molecule has 0 aromatic heterocycles. The fourth-order valence-corrected chi connectivity index (χ4v) is 3.39. The van der Waals surface area contributed by atoms with Crippen molar-refractivity contribution in [2.75, 3.05) is 13.2 Å². The molecule has 4 nitrogen and oxygen atoms in total. The maximum absolute atomic E-state index is 13.3. The Morgan fingerprint density at radius 1 is 0.966 bits per heavy atom. The zero-order valence-corrected chi connectivity index (χ0v) is 16.0. The Morgan fingerprint density at radius 2 is 1.76 bits per heavy atom. The highest BCUT2D eigenvalue weighted by atomic mass is 19.1. The molecule has 4 rings (SSSR count). The number of hydrogen-bond donors (Lipinski definition) is 0. The zero-order chi connectivity index (χ0) is 20.1. The molecule has 1 amide bonds. The smallest absolute Gasteiger partial charge is 0.254 e. The van der Waals surface area contributed by atoms with E-state index < -0.39 is 0 Å². The zero-order valence-electron chi connectivity index (χ0n) is 16.0. The highest BCUT2D eigenvalue weighted by Gasteiger charge is 2.21. The summed E-state index contributed by atoms with van der Waals surface area (Å²) in [5, 5.41) is 0. The average Bonchev–Trinajstić information content (AvgIpc) is 2.96. The van der Waals surface area contributed by atoms with Crippen molar-refractivity contribution in [3.8, 4) is 5.75 Å². The first-order valence-electron chi connectivity index (χ1n) is 9.60. The first kappa shape index (κ1) is 19.2. The lowest BCUT2D eigenvalue weighted by molar-refractivity contribution is 0.0733. The van der Waals surface area contributed by atoms with Crippen molar-refractivity contribution in [3.05, 3.63) is 101 Å². The van der Waals surface area contributed by atoms with Crippen LogP contribution < -0.4 is 4.74 Å². The van der Waals surface area contributed by atoms with E-state index in [0.29, 0.717) is 38.5 Å². The number of rotatable bonds is 5. The summed E-state index contributed by atoms with van der Waals surface area (Å²) in [6.07, 6.45) is 0. The number of fused-ring (bicyclic) bond motifs is 1. The molecule has 3 aromatic rings. The van der Waals surface area contributed by atoms with Crippen LogP contribution in [0, 0.1) is 5.82 Å². The van der Waals surface area contributed by atoms with E-state index in [0.717, 1.165) is 22.4 Å². The standard InChI is InChI=1S/C24H22FNO3/c25-22-8-4-5-18(14-22)16-28-17-19-9-10-23-21(13-19)15-26(11-12-29-23)24(27)20-6-2-1-3-7-20/h1-10,13-14H,11-12,15-17H2. The van der Waals surface area contributed by atoms with E-state index in [1.54, 1.807) is 11.0 Å². The van der Waals surface area contributed by atoms with Gasteiger partial charge in [-0.1, -0.05) is 36.4 Å². The van der Waals surface area contributed by atoms with Crippen LogP contribution in [0.15, 0.2) is 72.8 Å². The van der Waals surface area contributed by atoms with Crippen molar-refractivity contribution in [2.24, 2.45) is 0 Å². The van der Waals surface area contributed by atoms with Gasteiger partial charge in [-0.2, -0.15) is 0 Å². The Hall–Kier alpha value is -3.18. The summed E-state index contributed by atoms with van der Waals surface area (Å²) in [6, 6.07) is 21.6. The third kappa shape index (κ3) is 4.81. The van der Waals surface area contributed by atoms with Crippen LogP contribution in [0.5, 0.6) is 5.75 Å². The third-order valence-corrected chi connectivity index (χ3v) is 4.84. The van der Waals surface area contributed by atoms with E-state index in [-0.39, 0.29) is 11.7 Å². The highest BCUT2D eigenvalue weighted by molar-refractivity contribution is 5.94. The number of halogens is 1. The monoisotopic (exact) mass is 391 g/mol. The normalized spacial score (nSPS) is 13.3. The maximum atomic E-state index is 13.3. The second-order valence-electron chi connectivity index (χ2n) is 7.01. The van der Waals surface area contributed by atoms with Gasteiger partial charge in [0, 0.05) is 17.7 Å². The van der Waals surface area contributed by atoms with Gasteiger partial charge in [-0.05, 0) is 47.5 Å². The van der Waals surface area contributed by atoms with Crippen molar-refractivity contribution in [1.29, 1.82) is 0 Å². The van der Waals surface area contributed by atoms with Crippen molar-refractivity contribution in [3.63, 3.8) is 0 Å². The summed E-state index contributed by atoms with van der Waals surface area (Å²) in [4.78, 5) is 14.6. The first-order valence-corrected chi connectivity index (χ1v) is 9.60. The van der Waals surface area contributed by atoms with E-state index >= 15 is 0 Å². The second-order valence-corrected chi connectivity index (χ2v) is 7.01. The minimum Gasteiger partial charge on any atom is -0.491 e. The largest absolute Gasteiger partial charge is 0.491 e. The highest BCUT2D eigenvalue weighted by Crippen LogP contribution is 2.25. The molecular weight excluding hydrogens is 369 g/mol. The molecule has 148 valence electrons. The number of benzene rings is 3. The lowest BCUT2D eigenvalue weighted by Gasteiger charge is -2.20. The summed E-state index contributed by atoms with van der Waals surface area (Å²) in [6.45, 7) is 2.22. The van der Waals surface area contributed by atoms with E-state index in [4.69, 9.17) is 9.47 Å². The molecule has 1 aliphatic heterocycles. The second kappa shape index (κ2) is 8.88. The molecule has 1 aliphatic rings. The Balaban J connectivity index is 1.43. The predicted octanol–water partition coefficient (Wildman–Crippen LogP) is 4.58. The Bertz CT molecular complexity index is 990. The minimum atomic E-state index is -0.267. The molecule has 0 unspecified atom stereocenters. The SMILES string of the molecule is O=C(c1ccccc1)N1CCOc2ccc(COCc3cccc(F)c3)cc2C1. The van der Waals surface area contributed by atoms with Crippen LogP contribution in [0.2, 0.25) is 0 Å². The molecule has 29 heavy (non-hydrogen) atoms. The Morgan fingerprint density at radius 3 is 2.55 bits per heavy atom. The number of carbonyl (C=O) groups is 1. The van der Waals surface area contributed by atoms with Crippen LogP contribution in [-0.4, -0.2) is 24.0 Å². The van der Waals surface area contributed by atoms with Crippen LogP contribution in [0.25, 0.3) is 0 Å². The molecule has 3 aromatic carbocycles. The van der Waals surface area contributed by atoms with Gasteiger partial charge in [0.05, 0.1) is 19.8 Å². The van der Waals surface area contributed by atoms with Crippen molar-refractivity contribution in [2.45, 2.75) is 19.8 Å². The van der Waals surface area contributed by atoms with Crippen LogP contribution >= 0.6 is 0 Å². The molecule has 0 bridgehead atoms. The summed E-state index contributed by atoms with van der Waals surface area (Å²) in [5.74, 6) is 0.522. The molecule has 0 aliphatic carbocycles. The lowest BCUT2D eigenvalue weighted by Crippen LogP contribution is -2.32. The van der Waals surface area contributed by atoms with E-state index in [2.05, 4.69) is 0 Å². The molecule has 0 atom stereocenters. The summed E-state index contributed by atoms with van der Waals surface area (Å²) >= 11 is 0. The van der Waals surface area contributed by atoms with Crippen LogP contribution in [0.3, 0.4) is 0 Å². The van der Waals surface area contributed by atoms with Gasteiger partial charge in [0.25, 0.3) is 5.91 Å². The van der Waals surface area contributed by atoms with Gasteiger partial charge in [0.15, 0.2) is 0 Å². The number of hydrogen-bond acceptors (Lipinski definition) is 3. The minimum absolute atomic E-state index is 0.00481. The average molecular weight is 391 g/mol. The summed E-state index contributed by atoms with van der Waals surface area (Å²) in [5.41, 5.74) is 3.41. The summed E-state index contributed by atoms with van der Waals surface area (Å²) in [7, 11) is 0. The molecule has 0 radical (unpaired) electrons. The number of amides is 1. The van der Waals surface area contributed by atoms with Gasteiger partial charge in [-0.15, -0.1) is 0 Å². The van der Waals surface area contributed by atoms with Gasteiger partial charge < -0.3 is 14.4 Å². The number of nitrogens with zero attached hydrogens (tertiary/aromatic N) is 1. The third-order valence-electron chi connectivity index (χ3n) is 4.84. The van der Waals surface area contributed by atoms with Gasteiger partial charge in [-0.3, -0.25) is 4.79 Å². The topological polar surface area (TPSA) is 38.8 Å². The predicted molar refractivity (Wildman–Crippen MR) is 108 cm³/mol. The van der Waals surface area contributed by atoms with Crippen molar-refractivity contribution in [1.82, 2.24) is 4.90 Å². The summed E-state index contributed by atoms with van der Waals surface area (Å²) < 4.78 is 24.8. The quantitative estimate of drug-likeness (QED) is 0.639. The fraction of sp³-hybridized carbons (Fsp3) is 0.208. The number of ether oxygens (including phenoxy) is 2. The van der Waals surface area contributed by atoms with E-state index in [1.165, 1.54) is 12.1 Å². The van der Waals surface area contributed by atoms with Gasteiger partial charge in [-0.25, -0.2) is 4.39 Å². The molecule has 0 N–H and O–H groups in total. The molecule has 0 saturated heterocycles. The van der Waals surface area contributed by atoms with Gasteiger partial charge >= 0.3 is 0 Å². The first-order chi connectivity index (χ1) is 14.2. The molecule has 5 heteroatoms. The lowest BCUT2D eigenvalue weighted by atomic mass is 10.1. The molecular formula is C24H22FNO3. The van der Waals surface area contributed by atoms with Crippen LogP contribution in [0.1, 0.15) is 27.0 Å².